The number of hydrogen-bond acceptors (Lipinski definition) is 5. The van der Waals surface area contributed by atoms with Crippen molar-refractivity contribution in [3.63, 3.8) is 0 Å². The summed E-state index contributed by atoms with van der Waals surface area (Å²) in [6.45, 7) is 4.84. The molecule has 1 aliphatic rings. The first-order valence-electron chi connectivity index (χ1n) is 9.53. The Morgan fingerprint density at radius 3 is 2.50 bits per heavy atom. The minimum Gasteiger partial charge on any atom is -0.367 e. The third kappa shape index (κ3) is 3.13. The highest BCUT2D eigenvalue weighted by atomic mass is 16.2. The maximum Gasteiger partial charge on any atom is 0.275 e. The van der Waals surface area contributed by atoms with Gasteiger partial charge in [0.05, 0.1) is 17.3 Å². The van der Waals surface area contributed by atoms with Crippen molar-refractivity contribution in [2.75, 3.05) is 31.1 Å². The molecule has 0 atom stereocenters. The average Bonchev–Trinajstić information content (AvgIpc) is 2.76. The summed E-state index contributed by atoms with van der Waals surface area (Å²) in [5.74, 6) is -0.131. The van der Waals surface area contributed by atoms with Gasteiger partial charge in [-0.15, -0.1) is 0 Å². The first-order valence-corrected chi connectivity index (χ1v) is 9.53. The van der Waals surface area contributed by atoms with Crippen LogP contribution in [0.2, 0.25) is 0 Å². The molecule has 1 saturated heterocycles. The van der Waals surface area contributed by atoms with Crippen molar-refractivity contribution in [1.29, 1.82) is 0 Å². The second-order valence-electron chi connectivity index (χ2n) is 6.96. The van der Waals surface area contributed by atoms with Gasteiger partial charge in [0.2, 0.25) is 0 Å². The predicted molar refractivity (Wildman–Crippen MR) is 109 cm³/mol. The number of carbonyl (C=O) groups is 1. The van der Waals surface area contributed by atoms with Crippen LogP contribution in [0.25, 0.3) is 10.8 Å². The predicted octanol–water partition coefficient (Wildman–Crippen LogP) is 1.85. The van der Waals surface area contributed by atoms with E-state index in [9.17, 15) is 9.59 Å². The van der Waals surface area contributed by atoms with Crippen molar-refractivity contribution in [3.8, 4) is 0 Å². The lowest BCUT2D eigenvalue weighted by molar-refractivity contribution is 0.0740. The standard InChI is InChI=1S/C21H23N5O2/c1-3-15-8-9-22-14-18(15)25-10-12-26(13-11-25)21(28)19-16-6-4-5-7-17(16)20(27)24(2)23-19/h4-9,14H,3,10-13H2,1-2H3. The molecule has 0 saturated carbocycles. The summed E-state index contributed by atoms with van der Waals surface area (Å²) in [6.07, 6.45) is 4.67. The second-order valence-corrected chi connectivity index (χ2v) is 6.96. The molecule has 0 N–H and O–H groups in total. The third-order valence-corrected chi connectivity index (χ3v) is 5.34. The van der Waals surface area contributed by atoms with E-state index in [1.807, 2.05) is 29.4 Å². The Morgan fingerprint density at radius 2 is 1.79 bits per heavy atom. The number of aromatic nitrogens is 3. The van der Waals surface area contributed by atoms with E-state index in [1.54, 1.807) is 25.2 Å². The molecule has 7 nitrogen and oxygen atoms in total. The first-order chi connectivity index (χ1) is 13.6. The molecule has 1 fully saturated rings. The second kappa shape index (κ2) is 7.42. The highest BCUT2D eigenvalue weighted by Gasteiger charge is 2.26. The average molecular weight is 377 g/mol. The normalized spacial score (nSPS) is 14.5. The van der Waals surface area contributed by atoms with E-state index in [0.717, 1.165) is 25.2 Å². The molecule has 0 bridgehead atoms. The lowest BCUT2D eigenvalue weighted by Gasteiger charge is -2.36. The zero-order chi connectivity index (χ0) is 19.7. The van der Waals surface area contributed by atoms with Gasteiger partial charge in [0.1, 0.15) is 0 Å². The van der Waals surface area contributed by atoms with Gasteiger partial charge in [0, 0.05) is 44.8 Å². The number of rotatable bonds is 3. The van der Waals surface area contributed by atoms with Crippen molar-refractivity contribution < 1.29 is 4.79 Å². The number of pyridine rings is 1. The quantitative estimate of drug-likeness (QED) is 0.697. The van der Waals surface area contributed by atoms with Crippen LogP contribution < -0.4 is 10.5 Å². The van der Waals surface area contributed by atoms with Gasteiger partial charge in [0.25, 0.3) is 11.5 Å². The molecule has 2 aromatic heterocycles. The Bertz CT molecular complexity index is 1080. The van der Waals surface area contributed by atoms with Crippen molar-refractivity contribution in [2.24, 2.45) is 7.05 Å². The zero-order valence-corrected chi connectivity index (χ0v) is 16.1. The van der Waals surface area contributed by atoms with Crippen LogP contribution in [0.15, 0.2) is 47.5 Å². The highest BCUT2D eigenvalue weighted by Crippen LogP contribution is 2.22. The minimum atomic E-state index is -0.194. The van der Waals surface area contributed by atoms with E-state index >= 15 is 0 Å². The lowest BCUT2D eigenvalue weighted by atomic mass is 10.1. The molecule has 7 heteroatoms. The minimum absolute atomic E-state index is 0.131. The van der Waals surface area contributed by atoms with Crippen molar-refractivity contribution in [3.05, 3.63) is 64.3 Å². The van der Waals surface area contributed by atoms with Crippen LogP contribution in [0, 0.1) is 0 Å². The van der Waals surface area contributed by atoms with E-state index in [4.69, 9.17) is 0 Å². The van der Waals surface area contributed by atoms with Crippen LogP contribution >= 0.6 is 0 Å². The van der Waals surface area contributed by atoms with Crippen LogP contribution in [0.4, 0.5) is 5.69 Å². The van der Waals surface area contributed by atoms with Gasteiger partial charge < -0.3 is 9.80 Å². The lowest BCUT2D eigenvalue weighted by Crippen LogP contribution is -2.49. The number of nitrogens with zero attached hydrogens (tertiary/aromatic N) is 5. The maximum atomic E-state index is 13.2. The monoisotopic (exact) mass is 377 g/mol. The molecule has 1 aliphatic heterocycles. The summed E-state index contributed by atoms with van der Waals surface area (Å²) in [5, 5.41) is 5.40. The zero-order valence-electron chi connectivity index (χ0n) is 16.1. The number of anilines is 1. The van der Waals surface area contributed by atoms with E-state index in [0.29, 0.717) is 29.6 Å². The first kappa shape index (κ1) is 18.2. The molecule has 1 amide bonds. The molecule has 0 aliphatic carbocycles. The Balaban J connectivity index is 1.58. The topological polar surface area (TPSA) is 71.3 Å². The van der Waals surface area contributed by atoms with E-state index in [-0.39, 0.29) is 11.5 Å². The molecule has 3 heterocycles. The Labute approximate surface area is 163 Å². The van der Waals surface area contributed by atoms with Gasteiger partial charge in [-0.25, -0.2) is 4.68 Å². The SMILES string of the molecule is CCc1ccncc1N1CCN(C(=O)c2nn(C)c(=O)c3ccccc23)CC1. The molecule has 3 aromatic rings. The number of hydrogen-bond donors (Lipinski definition) is 0. The van der Waals surface area contributed by atoms with E-state index in [2.05, 4.69) is 21.9 Å². The summed E-state index contributed by atoms with van der Waals surface area (Å²) in [7, 11) is 1.58. The van der Waals surface area contributed by atoms with Crippen LogP contribution in [0.3, 0.4) is 0 Å². The highest BCUT2D eigenvalue weighted by molar-refractivity contribution is 6.04. The Hall–Kier alpha value is -3.22. The summed E-state index contributed by atoms with van der Waals surface area (Å²) >= 11 is 0. The molecule has 1 aromatic carbocycles. The van der Waals surface area contributed by atoms with Crippen molar-refractivity contribution >= 4 is 22.4 Å². The van der Waals surface area contributed by atoms with Crippen LogP contribution in [0.1, 0.15) is 23.0 Å². The molecular weight excluding hydrogens is 354 g/mol. The summed E-state index contributed by atoms with van der Waals surface area (Å²) in [6, 6.07) is 9.20. The molecule has 4 rings (SSSR count). The largest absolute Gasteiger partial charge is 0.367 e. The van der Waals surface area contributed by atoms with Gasteiger partial charge in [-0.2, -0.15) is 5.10 Å². The van der Waals surface area contributed by atoms with Crippen LogP contribution in [-0.2, 0) is 13.5 Å². The molecule has 0 spiro atoms. The van der Waals surface area contributed by atoms with Crippen molar-refractivity contribution in [2.45, 2.75) is 13.3 Å². The fraction of sp³-hybridized carbons (Fsp3) is 0.333. The van der Waals surface area contributed by atoms with E-state index in [1.165, 1.54) is 10.2 Å². The smallest absolute Gasteiger partial charge is 0.275 e. The molecule has 28 heavy (non-hydrogen) atoms. The fourth-order valence-corrected chi connectivity index (χ4v) is 3.76. The summed E-state index contributed by atoms with van der Waals surface area (Å²) in [4.78, 5) is 33.8. The van der Waals surface area contributed by atoms with Gasteiger partial charge >= 0.3 is 0 Å². The van der Waals surface area contributed by atoms with Gasteiger partial charge in [-0.1, -0.05) is 25.1 Å². The van der Waals surface area contributed by atoms with Crippen LogP contribution in [0.5, 0.6) is 0 Å². The van der Waals surface area contributed by atoms with Gasteiger partial charge in [-0.05, 0) is 24.1 Å². The number of amides is 1. The molecular formula is C21H23N5O2. The Kier molecular flexibility index (Phi) is 4.81. The molecule has 0 unspecified atom stereocenters. The van der Waals surface area contributed by atoms with Crippen LogP contribution in [-0.4, -0.2) is 51.8 Å². The molecule has 144 valence electrons. The fourth-order valence-electron chi connectivity index (χ4n) is 3.76. The summed E-state index contributed by atoms with van der Waals surface area (Å²) in [5.41, 5.74) is 2.55. The number of piperazine rings is 1. The summed E-state index contributed by atoms with van der Waals surface area (Å²) < 4.78 is 1.25. The number of aryl methyl sites for hydroxylation is 2. The number of benzene rings is 1. The maximum absolute atomic E-state index is 13.2. The van der Waals surface area contributed by atoms with E-state index < -0.39 is 0 Å². The Morgan fingerprint density at radius 1 is 1.07 bits per heavy atom. The van der Waals surface area contributed by atoms with Gasteiger partial charge in [0.15, 0.2) is 5.69 Å². The number of fused-ring (bicyclic) bond motifs is 1. The third-order valence-electron chi connectivity index (χ3n) is 5.34. The molecule has 0 radical (unpaired) electrons. The van der Waals surface area contributed by atoms with Gasteiger partial charge in [-0.3, -0.25) is 14.6 Å². The van der Waals surface area contributed by atoms with Crippen molar-refractivity contribution in [1.82, 2.24) is 19.7 Å². The number of carbonyl (C=O) groups excluding carboxylic acids is 1.